The highest BCUT2D eigenvalue weighted by molar-refractivity contribution is 7.86. The predicted octanol–water partition coefficient (Wildman–Crippen LogP) is 4.18. The van der Waals surface area contributed by atoms with Gasteiger partial charge in [-0.15, -0.1) is 9.20 Å². The van der Waals surface area contributed by atoms with Gasteiger partial charge in [0.05, 0.1) is 0 Å². The van der Waals surface area contributed by atoms with E-state index < -0.39 is 15.6 Å². The summed E-state index contributed by atoms with van der Waals surface area (Å²) in [6, 6.07) is 32.0. The van der Waals surface area contributed by atoms with E-state index in [-0.39, 0.29) is 0 Å². The first kappa shape index (κ1) is 23.5. The lowest BCUT2D eigenvalue weighted by atomic mass is 10.1. The molecule has 0 fully saturated rings. The molecule has 9 heteroatoms. The third-order valence-electron chi connectivity index (χ3n) is 5.31. The van der Waals surface area contributed by atoms with Gasteiger partial charge in [-0.25, -0.2) is 8.42 Å². The second kappa shape index (κ2) is 8.92. The van der Waals surface area contributed by atoms with Crippen LogP contribution in [0.25, 0.3) is 33.8 Å². The number of hydrogen-bond acceptors (Lipinski definition) is 3. The summed E-state index contributed by atoms with van der Waals surface area (Å²) < 4.78 is 63.5. The quantitative estimate of drug-likeness (QED) is 0.215. The zero-order valence-electron chi connectivity index (χ0n) is 17.9. The largest absolute Gasteiger partial charge is 0.741 e. The molecule has 5 rings (SSSR count). The molecule has 174 valence electrons. The van der Waals surface area contributed by atoms with E-state index >= 15 is 0 Å². The smallest absolute Gasteiger partial charge is 0.485 e. The first-order valence-corrected chi connectivity index (χ1v) is 11.6. The summed E-state index contributed by atoms with van der Waals surface area (Å²) in [6.45, 7) is 0. The van der Waals surface area contributed by atoms with Crippen molar-refractivity contribution in [2.45, 2.75) is 5.51 Å². The first-order chi connectivity index (χ1) is 16.1. The van der Waals surface area contributed by atoms with Crippen LogP contribution >= 0.6 is 0 Å². The Morgan fingerprint density at radius 3 is 1.97 bits per heavy atom. The normalized spacial score (nSPS) is 12.7. The lowest BCUT2D eigenvalue weighted by molar-refractivity contribution is -0.725. The van der Waals surface area contributed by atoms with Crippen molar-refractivity contribution in [3.63, 3.8) is 0 Å². The Hall–Kier alpha value is -3.69. The Labute approximate surface area is 193 Å². The molecule has 0 saturated heterocycles. The Morgan fingerprint density at radius 1 is 0.853 bits per heavy atom. The van der Waals surface area contributed by atoms with Crippen LogP contribution in [0.2, 0.25) is 0 Å². The van der Waals surface area contributed by atoms with Gasteiger partial charge in [-0.2, -0.15) is 13.2 Å². The second-order valence-corrected chi connectivity index (χ2v) is 8.87. The van der Waals surface area contributed by atoms with Crippen LogP contribution in [-0.4, -0.2) is 23.0 Å². The van der Waals surface area contributed by atoms with Crippen molar-refractivity contribution in [1.82, 2.24) is 4.52 Å². The minimum atomic E-state index is -6.09. The van der Waals surface area contributed by atoms with Crippen molar-refractivity contribution in [2.75, 3.05) is 0 Å². The second-order valence-electron chi connectivity index (χ2n) is 7.50. The molecule has 2 heterocycles. The monoisotopic (exact) mass is 484 g/mol. The Balaban J connectivity index is 0.000000297. The molecule has 5 aromatic rings. The van der Waals surface area contributed by atoms with Gasteiger partial charge in [0.25, 0.3) is 0 Å². The maximum atomic E-state index is 10.7. The molecule has 0 aliphatic heterocycles. The van der Waals surface area contributed by atoms with E-state index in [1.165, 1.54) is 38.5 Å². The number of nitrogens with zero attached hydrogens (tertiary/aromatic N) is 2. The van der Waals surface area contributed by atoms with Gasteiger partial charge in [0.2, 0.25) is 5.69 Å². The van der Waals surface area contributed by atoms with Crippen LogP contribution in [0.1, 0.15) is 5.56 Å². The number of benzene rings is 3. The highest BCUT2D eigenvalue weighted by atomic mass is 32.2. The average molecular weight is 484 g/mol. The van der Waals surface area contributed by atoms with Gasteiger partial charge >= 0.3 is 5.51 Å². The molecular weight excluding hydrogens is 465 g/mol. The van der Waals surface area contributed by atoms with Gasteiger partial charge in [-0.3, -0.25) is 0 Å². The summed E-state index contributed by atoms with van der Waals surface area (Å²) in [6.07, 6.45) is 2.28. The lowest BCUT2D eigenvalue weighted by Gasteiger charge is -2.08. The van der Waals surface area contributed by atoms with Crippen molar-refractivity contribution < 1.29 is 30.8 Å². The lowest BCUT2D eigenvalue weighted by Crippen LogP contribution is -2.36. The molecule has 0 spiro atoms. The van der Waals surface area contributed by atoms with Crippen molar-refractivity contribution >= 4 is 32.6 Å². The molecule has 0 bridgehead atoms. The molecule has 0 aliphatic rings. The molecule has 0 unspecified atom stereocenters. The minimum Gasteiger partial charge on any atom is -0.741 e. The molecule has 2 aromatic heterocycles. The average Bonchev–Trinajstić information content (AvgIpc) is 3.29. The molecule has 34 heavy (non-hydrogen) atoms. The van der Waals surface area contributed by atoms with Gasteiger partial charge in [0.15, 0.2) is 17.2 Å². The Bertz CT molecular complexity index is 1610. The minimum absolute atomic E-state index is 1.22. The zero-order valence-corrected chi connectivity index (χ0v) is 18.7. The van der Waals surface area contributed by atoms with Gasteiger partial charge in [0, 0.05) is 22.2 Å². The van der Waals surface area contributed by atoms with E-state index in [0.29, 0.717) is 0 Å². The van der Waals surface area contributed by atoms with Gasteiger partial charge in [0.1, 0.15) is 11.0 Å². The molecular formula is C25H19F3N2O3S. The molecule has 0 radical (unpaired) electrons. The maximum Gasteiger partial charge on any atom is 0.485 e. The van der Waals surface area contributed by atoms with Crippen LogP contribution in [-0.2, 0) is 17.2 Å². The summed E-state index contributed by atoms with van der Waals surface area (Å²) in [5.74, 6) is 0. The number of para-hydroxylation sites is 1. The van der Waals surface area contributed by atoms with E-state index in [9.17, 15) is 13.2 Å². The molecule has 0 aliphatic carbocycles. The number of aryl methyl sites for hydroxylation is 1. The van der Waals surface area contributed by atoms with Crippen LogP contribution in [0.4, 0.5) is 13.2 Å². The van der Waals surface area contributed by atoms with Gasteiger partial charge in [-0.05, 0) is 29.8 Å². The summed E-state index contributed by atoms with van der Waals surface area (Å²) in [5.41, 5.74) is 0.483. The Kier molecular flexibility index (Phi) is 6.16. The fraction of sp³-hybridized carbons (Fsp3) is 0.0800. The van der Waals surface area contributed by atoms with E-state index in [1.54, 1.807) is 0 Å². The first-order valence-electron chi connectivity index (χ1n) is 10.1. The topological polar surface area (TPSA) is 65.5 Å². The van der Waals surface area contributed by atoms with Crippen LogP contribution in [0.5, 0.6) is 0 Å². The summed E-state index contributed by atoms with van der Waals surface area (Å²) in [5, 5.41) is 2.55. The van der Waals surface area contributed by atoms with Crippen LogP contribution in [0.3, 0.4) is 0 Å². The molecule has 0 N–H and O–H groups in total. The molecule has 5 nitrogen and oxygen atoms in total. The number of rotatable bonds is 2. The summed E-state index contributed by atoms with van der Waals surface area (Å²) in [4.78, 5) is 0. The van der Waals surface area contributed by atoms with Crippen molar-refractivity contribution in [2.24, 2.45) is 7.05 Å². The van der Waals surface area contributed by atoms with E-state index in [1.807, 2.05) is 0 Å². The van der Waals surface area contributed by atoms with Crippen LogP contribution in [0.15, 0.2) is 91.0 Å². The summed E-state index contributed by atoms with van der Waals surface area (Å²) >= 11 is 0. The SMILES string of the molecule is C[n+]1c(-c2ccccc2)cc2/c(=C\c3ccccc3)c3ccccc3n21.O=S(=O)([O-])C(F)(F)F. The van der Waals surface area contributed by atoms with Gasteiger partial charge < -0.3 is 4.55 Å². The molecule has 0 atom stereocenters. The van der Waals surface area contributed by atoms with Crippen molar-refractivity contribution in [1.29, 1.82) is 0 Å². The highest BCUT2D eigenvalue weighted by Gasteiger charge is 2.36. The number of aromatic nitrogens is 2. The fourth-order valence-corrected chi connectivity index (χ4v) is 3.81. The highest BCUT2D eigenvalue weighted by Crippen LogP contribution is 2.22. The number of hydrogen-bond donors (Lipinski definition) is 0. The standard InChI is InChI=1S/C24H19N2.CHF3O3S/c1-25-23(19-12-6-3-7-13-19)17-24-21(16-18-10-4-2-5-11-18)20-14-8-9-15-22(20)26(24)25;2-1(3,4)8(5,6)7/h2-17H,1H3;(H,5,6,7)/q+1;/p-1/b21-16-;. The number of fused-ring (bicyclic) bond motifs is 3. The van der Waals surface area contributed by atoms with E-state index in [2.05, 4.69) is 113 Å². The maximum absolute atomic E-state index is 10.7. The number of alkyl halides is 3. The zero-order chi connectivity index (χ0) is 24.5. The third kappa shape index (κ3) is 4.52. The van der Waals surface area contributed by atoms with Crippen LogP contribution < -0.4 is 9.90 Å². The molecule has 3 aromatic carbocycles. The summed E-state index contributed by atoms with van der Waals surface area (Å²) in [7, 11) is -3.96. The number of halogens is 3. The van der Waals surface area contributed by atoms with Crippen molar-refractivity contribution in [3.05, 3.63) is 102 Å². The fourth-order valence-electron chi connectivity index (χ4n) is 3.81. The van der Waals surface area contributed by atoms with Gasteiger partial charge in [-0.1, -0.05) is 66.7 Å². The molecule has 0 saturated carbocycles. The van der Waals surface area contributed by atoms with Crippen LogP contribution in [0, 0.1) is 0 Å². The van der Waals surface area contributed by atoms with E-state index in [0.717, 1.165) is 0 Å². The molecule has 0 amide bonds. The Morgan fingerprint density at radius 2 is 1.38 bits per heavy atom. The third-order valence-corrected chi connectivity index (χ3v) is 5.88. The van der Waals surface area contributed by atoms with Crippen molar-refractivity contribution in [3.8, 4) is 11.3 Å². The van der Waals surface area contributed by atoms with E-state index in [4.69, 9.17) is 13.0 Å². The predicted molar refractivity (Wildman–Crippen MR) is 122 cm³/mol.